The molecule has 0 aliphatic carbocycles. The molecule has 1 unspecified atom stereocenters. The van der Waals surface area contributed by atoms with Gasteiger partial charge >= 0.3 is 0 Å². The van der Waals surface area contributed by atoms with Crippen molar-refractivity contribution in [3.8, 4) is 0 Å². The Hall–Kier alpha value is -2.30. The summed E-state index contributed by atoms with van der Waals surface area (Å²) in [6.45, 7) is 7.45. The zero-order valence-corrected chi connectivity index (χ0v) is 15.7. The van der Waals surface area contributed by atoms with Gasteiger partial charge in [-0.1, -0.05) is 33.3 Å². The average Bonchev–Trinajstić information content (AvgIpc) is 3.09. The van der Waals surface area contributed by atoms with Crippen molar-refractivity contribution in [2.75, 3.05) is 13.1 Å². The van der Waals surface area contributed by atoms with Crippen LogP contribution in [0, 0.1) is 5.41 Å². The number of rotatable bonds is 6. The van der Waals surface area contributed by atoms with Crippen LogP contribution in [0.3, 0.4) is 0 Å². The molecular weight excluding hydrogens is 314 g/mol. The van der Waals surface area contributed by atoms with E-state index in [1.54, 1.807) is 18.2 Å². The molecule has 1 aromatic rings. The highest BCUT2D eigenvalue weighted by Gasteiger charge is 2.41. The van der Waals surface area contributed by atoms with E-state index in [0.717, 1.165) is 18.4 Å². The van der Waals surface area contributed by atoms with Crippen molar-refractivity contribution >= 4 is 17.9 Å². The van der Waals surface area contributed by atoms with Gasteiger partial charge in [0.05, 0.1) is 6.04 Å². The first kappa shape index (κ1) is 19.0. The van der Waals surface area contributed by atoms with Crippen LogP contribution >= 0.6 is 0 Å². The van der Waals surface area contributed by atoms with Crippen LogP contribution in [0.15, 0.2) is 36.7 Å². The topological polar surface area (TPSA) is 54.3 Å². The smallest absolute Gasteiger partial charge is 0.246 e. The van der Waals surface area contributed by atoms with Gasteiger partial charge in [0, 0.05) is 44.0 Å². The summed E-state index contributed by atoms with van der Waals surface area (Å²) in [5, 5.41) is 3.05. The van der Waals surface area contributed by atoms with E-state index in [2.05, 4.69) is 26.1 Å². The Labute approximate surface area is 150 Å². The summed E-state index contributed by atoms with van der Waals surface area (Å²) < 4.78 is 1.94. The van der Waals surface area contributed by atoms with Gasteiger partial charge in [-0.2, -0.15) is 0 Å². The van der Waals surface area contributed by atoms with E-state index >= 15 is 0 Å². The Balaban J connectivity index is 1.93. The van der Waals surface area contributed by atoms with Gasteiger partial charge in [-0.25, -0.2) is 0 Å². The molecule has 136 valence electrons. The molecule has 1 aromatic heterocycles. The largest absolute Gasteiger partial charge is 0.357 e. The summed E-state index contributed by atoms with van der Waals surface area (Å²) in [4.78, 5) is 26.3. The molecule has 1 atom stereocenters. The SMILES string of the molecule is CCC/C=C/C(=O)N1CC(NC(=O)/C=C/c2ccn(C)c2)C(C)(C)C1. The van der Waals surface area contributed by atoms with E-state index in [0.29, 0.717) is 13.1 Å². The zero-order valence-electron chi connectivity index (χ0n) is 15.7. The van der Waals surface area contributed by atoms with Crippen LogP contribution < -0.4 is 5.32 Å². The van der Waals surface area contributed by atoms with Crippen molar-refractivity contribution in [3.05, 3.63) is 42.3 Å². The van der Waals surface area contributed by atoms with Crippen molar-refractivity contribution in [1.29, 1.82) is 0 Å². The second-order valence-corrected chi connectivity index (χ2v) is 7.40. The summed E-state index contributed by atoms with van der Waals surface area (Å²) >= 11 is 0. The first-order valence-corrected chi connectivity index (χ1v) is 8.88. The number of carbonyl (C=O) groups is 2. The first-order valence-electron chi connectivity index (χ1n) is 8.88. The Morgan fingerprint density at radius 2 is 2.12 bits per heavy atom. The molecule has 5 nitrogen and oxygen atoms in total. The van der Waals surface area contributed by atoms with Gasteiger partial charge in [0.1, 0.15) is 0 Å². The minimum atomic E-state index is -0.148. The lowest BCUT2D eigenvalue weighted by Crippen LogP contribution is -2.43. The Morgan fingerprint density at radius 1 is 1.36 bits per heavy atom. The molecule has 2 rings (SSSR count). The number of allylic oxidation sites excluding steroid dienone is 1. The summed E-state index contributed by atoms with van der Waals surface area (Å²) in [5.74, 6) is -0.101. The number of likely N-dealkylation sites (tertiary alicyclic amines) is 1. The van der Waals surface area contributed by atoms with E-state index in [4.69, 9.17) is 0 Å². The third kappa shape index (κ3) is 5.34. The monoisotopic (exact) mass is 343 g/mol. The van der Waals surface area contributed by atoms with Crippen LogP contribution in [0.5, 0.6) is 0 Å². The molecule has 1 saturated heterocycles. The quantitative estimate of drug-likeness (QED) is 0.808. The number of amides is 2. The zero-order chi connectivity index (χ0) is 18.4. The maximum Gasteiger partial charge on any atom is 0.246 e. The first-order chi connectivity index (χ1) is 11.8. The number of nitrogens with one attached hydrogen (secondary N) is 1. The van der Waals surface area contributed by atoms with Crippen molar-refractivity contribution < 1.29 is 9.59 Å². The molecule has 1 aliphatic heterocycles. The predicted octanol–water partition coefficient (Wildman–Crippen LogP) is 2.75. The molecular formula is C20H29N3O2. The maximum absolute atomic E-state index is 12.3. The predicted molar refractivity (Wildman–Crippen MR) is 101 cm³/mol. The molecule has 0 radical (unpaired) electrons. The number of nitrogens with zero attached hydrogens (tertiary/aromatic N) is 2. The van der Waals surface area contributed by atoms with Gasteiger partial charge in [-0.15, -0.1) is 0 Å². The Bertz CT molecular complexity index is 670. The fraction of sp³-hybridized carbons (Fsp3) is 0.500. The van der Waals surface area contributed by atoms with Crippen molar-refractivity contribution in [3.63, 3.8) is 0 Å². The van der Waals surface area contributed by atoms with E-state index < -0.39 is 0 Å². The highest BCUT2D eigenvalue weighted by Crippen LogP contribution is 2.29. The molecule has 25 heavy (non-hydrogen) atoms. The molecule has 2 heterocycles. The van der Waals surface area contributed by atoms with E-state index in [-0.39, 0.29) is 23.3 Å². The Kier molecular flexibility index (Phi) is 6.23. The summed E-state index contributed by atoms with van der Waals surface area (Å²) in [7, 11) is 1.94. The highest BCUT2D eigenvalue weighted by molar-refractivity contribution is 5.92. The standard InChI is InChI=1S/C20H29N3O2/c1-5-6-7-8-19(25)23-14-17(20(2,3)15-23)21-18(24)10-9-16-11-12-22(4)13-16/h7-13,17H,5-6,14-15H2,1-4H3,(H,21,24)/b8-7+,10-9+. The number of unbranched alkanes of at least 4 members (excludes halogenated alkanes) is 1. The maximum atomic E-state index is 12.3. The molecule has 1 N–H and O–H groups in total. The molecule has 0 spiro atoms. The average molecular weight is 343 g/mol. The number of aromatic nitrogens is 1. The number of aryl methyl sites for hydroxylation is 1. The van der Waals surface area contributed by atoms with Crippen LogP contribution in [-0.2, 0) is 16.6 Å². The van der Waals surface area contributed by atoms with E-state index in [1.807, 2.05) is 41.1 Å². The third-order valence-corrected chi connectivity index (χ3v) is 4.57. The Morgan fingerprint density at radius 3 is 2.76 bits per heavy atom. The molecule has 0 aromatic carbocycles. The van der Waals surface area contributed by atoms with Gasteiger partial charge in [-0.3, -0.25) is 9.59 Å². The summed E-state index contributed by atoms with van der Waals surface area (Å²) in [6, 6.07) is 1.90. The van der Waals surface area contributed by atoms with Gasteiger partial charge in [0.2, 0.25) is 11.8 Å². The van der Waals surface area contributed by atoms with Crippen LogP contribution in [-0.4, -0.2) is 40.4 Å². The normalized spacial score (nSPS) is 19.8. The molecule has 0 saturated carbocycles. The van der Waals surface area contributed by atoms with E-state index in [9.17, 15) is 9.59 Å². The van der Waals surface area contributed by atoms with Crippen molar-refractivity contribution in [2.45, 2.75) is 39.7 Å². The van der Waals surface area contributed by atoms with Crippen LogP contribution in [0.25, 0.3) is 6.08 Å². The fourth-order valence-electron chi connectivity index (χ4n) is 3.01. The second kappa shape index (κ2) is 8.19. The van der Waals surface area contributed by atoms with Gasteiger partial charge < -0.3 is 14.8 Å². The number of hydrogen-bond donors (Lipinski definition) is 1. The molecule has 2 amide bonds. The van der Waals surface area contributed by atoms with Crippen LogP contribution in [0.2, 0.25) is 0 Å². The summed E-state index contributed by atoms with van der Waals surface area (Å²) in [6.07, 6.45) is 12.8. The van der Waals surface area contributed by atoms with Crippen molar-refractivity contribution in [2.24, 2.45) is 12.5 Å². The molecule has 5 heteroatoms. The van der Waals surface area contributed by atoms with Crippen LogP contribution in [0.1, 0.15) is 39.2 Å². The fourth-order valence-corrected chi connectivity index (χ4v) is 3.01. The molecule has 1 fully saturated rings. The summed E-state index contributed by atoms with van der Waals surface area (Å²) in [5.41, 5.74) is 0.839. The lowest BCUT2D eigenvalue weighted by molar-refractivity contribution is -0.125. The number of hydrogen-bond acceptors (Lipinski definition) is 2. The van der Waals surface area contributed by atoms with Gasteiger partial charge in [0.15, 0.2) is 0 Å². The number of carbonyl (C=O) groups excluding carboxylic acids is 2. The van der Waals surface area contributed by atoms with E-state index in [1.165, 1.54) is 0 Å². The minimum Gasteiger partial charge on any atom is -0.357 e. The van der Waals surface area contributed by atoms with Crippen LogP contribution in [0.4, 0.5) is 0 Å². The van der Waals surface area contributed by atoms with Crippen molar-refractivity contribution in [1.82, 2.24) is 14.8 Å². The third-order valence-electron chi connectivity index (χ3n) is 4.57. The second-order valence-electron chi connectivity index (χ2n) is 7.40. The lowest BCUT2D eigenvalue weighted by atomic mass is 9.88. The molecule has 1 aliphatic rings. The highest BCUT2D eigenvalue weighted by atomic mass is 16.2. The minimum absolute atomic E-state index is 0.0260. The van der Waals surface area contributed by atoms with Gasteiger partial charge in [0.25, 0.3) is 0 Å². The van der Waals surface area contributed by atoms with Gasteiger partial charge in [-0.05, 0) is 30.2 Å². The molecule has 0 bridgehead atoms. The lowest BCUT2D eigenvalue weighted by Gasteiger charge is -2.25.